The van der Waals surface area contributed by atoms with Crippen LogP contribution in [0.5, 0.6) is 0 Å². The molecule has 0 aromatic heterocycles. The monoisotopic (exact) mass is 358 g/mol. The Labute approximate surface area is 151 Å². The van der Waals surface area contributed by atoms with E-state index in [1.165, 1.54) is 5.56 Å². The summed E-state index contributed by atoms with van der Waals surface area (Å²) < 4.78 is 0. The summed E-state index contributed by atoms with van der Waals surface area (Å²) in [6.07, 6.45) is 1.25. The summed E-state index contributed by atoms with van der Waals surface area (Å²) >= 11 is 7.56. The Balaban J connectivity index is 1.70. The first-order chi connectivity index (χ1) is 11.6. The lowest BCUT2D eigenvalue weighted by Crippen LogP contribution is -2.32. The molecule has 2 aromatic carbocycles. The quantitative estimate of drug-likeness (QED) is 0.776. The highest BCUT2D eigenvalue weighted by Gasteiger charge is 2.30. The number of halogens is 1. The van der Waals surface area contributed by atoms with Crippen molar-refractivity contribution in [1.29, 1.82) is 0 Å². The number of rotatable bonds is 4. The number of carbonyl (C=O) groups is 1. The molecule has 124 valence electrons. The molecule has 2 aromatic rings. The van der Waals surface area contributed by atoms with Gasteiger partial charge < -0.3 is 0 Å². The first-order valence-corrected chi connectivity index (χ1v) is 9.23. The van der Waals surface area contributed by atoms with E-state index in [4.69, 9.17) is 11.6 Å². The van der Waals surface area contributed by atoms with Gasteiger partial charge in [-0.1, -0.05) is 60.6 Å². The van der Waals surface area contributed by atoms with E-state index in [-0.39, 0.29) is 5.91 Å². The first-order valence-electron chi connectivity index (χ1n) is 7.97. The molecule has 0 spiro atoms. The zero-order chi connectivity index (χ0) is 16.9. The highest BCUT2D eigenvalue weighted by Crippen LogP contribution is 2.29. The molecular formula is C19H19ClN2OS. The van der Waals surface area contributed by atoms with Gasteiger partial charge in [0.15, 0.2) is 5.17 Å². The molecule has 0 bridgehead atoms. The van der Waals surface area contributed by atoms with E-state index in [1.54, 1.807) is 11.8 Å². The van der Waals surface area contributed by atoms with Crippen molar-refractivity contribution in [2.45, 2.75) is 25.0 Å². The number of amides is 1. The van der Waals surface area contributed by atoms with Crippen molar-refractivity contribution in [3.05, 3.63) is 65.2 Å². The van der Waals surface area contributed by atoms with E-state index < -0.39 is 0 Å². The van der Waals surface area contributed by atoms with Crippen molar-refractivity contribution in [1.82, 2.24) is 4.90 Å². The standard InChI is InChI=1S/C19H19ClN2OS/c1-14-13-22(18(23)12-7-15-5-3-2-4-6-15)19(24-14)21-17-10-8-16(20)9-11-17/h2-6,8-11,14H,7,12-13H2,1H3/t14-/m1/s1. The second-order valence-corrected chi connectivity index (χ2v) is 7.63. The molecule has 3 rings (SSSR count). The van der Waals surface area contributed by atoms with Crippen molar-refractivity contribution < 1.29 is 4.79 Å². The molecule has 1 aliphatic rings. The summed E-state index contributed by atoms with van der Waals surface area (Å²) in [7, 11) is 0. The molecule has 5 heteroatoms. The second kappa shape index (κ2) is 7.86. The van der Waals surface area contributed by atoms with Crippen molar-refractivity contribution in [2.75, 3.05) is 6.54 Å². The zero-order valence-electron chi connectivity index (χ0n) is 13.5. The summed E-state index contributed by atoms with van der Waals surface area (Å²) in [6.45, 7) is 2.83. The highest BCUT2D eigenvalue weighted by atomic mass is 35.5. The van der Waals surface area contributed by atoms with E-state index in [9.17, 15) is 4.79 Å². The van der Waals surface area contributed by atoms with Crippen LogP contribution >= 0.6 is 23.4 Å². The summed E-state index contributed by atoms with van der Waals surface area (Å²) in [5.74, 6) is 0.128. The van der Waals surface area contributed by atoms with E-state index in [2.05, 4.69) is 24.0 Å². The van der Waals surface area contributed by atoms with Gasteiger partial charge in [-0.3, -0.25) is 9.69 Å². The maximum absolute atomic E-state index is 12.6. The zero-order valence-corrected chi connectivity index (χ0v) is 15.1. The van der Waals surface area contributed by atoms with Gasteiger partial charge in [-0.2, -0.15) is 0 Å². The number of benzene rings is 2. The average Bonchev–Trinajstić information content (AvgIpc) is 2.96. The summed E-state index contributed by atoms with van der Waals surface area (Å²) in [6, 6.07) is 17.5. The Morgan fingerprint density at radius 2 is 1.92 bits per heavy atom. The Kier molecular flexibility index (Phi) is 5.59. The first kappa shape index (κ1) is 17.1. The molecule has 0 unspecified atom stereocenters. The van der Waals surface area contributed by atoms with Gasteiger partial charge in [0.05, 0.1) is 5.69 Å². The minimum atomic E-state index is 0.128. The van der Waals surface area contributed by atoms with Crippen molar-refractivity contribution >= 4 is 40.1 Å². The number of hydrogen-bond donors (Lipinski definition) is 0. The SMILES string of the molecule is C[C@@H]1CN(C(=O)CCc2ccccc2)C(=Nc2ccc(Cl)cc2)S1. The van der Waals surface area contributed by atoms with Crippen LogP contribution in [0.25, 0.3) is 0 Å². The molecule has 1 amide bonds. The van der Waals surface area contributed by atoms with E-state index in [0.29, 0.717) is 23.2 Å². The molecule has 0 saturated carbocycles. The van der Waals surface area contributed by atoms with Gasteiger partial charge in [-0.15, -0.1) is 0 Å². The summed E-state index contributed by atoms with van der Waals surface area (Å²) in [4.78, 5) is 19.1. The van der Waals surface area contributed by atoms with Crippen LogP contribution in [0, 0.1) is 0 Å². The number of carbonyl (C=O) groups excluding carboxylic acids is 1. The molecular weight excluding hydrogens is 340 g/mol. The van der Waals surface area contributed by atoms with Gasteiger partial charge >= 0.3 is 0 Å². The highest BCUT2D eigenvalue weighted by molar-refractivity contribution is 8.14. The predicted octanol–water partition coefficient (Wildman–Crippen LogP) is 4.92. The molecule has 0 N–H and O–H groups in total. The molecule has 1 atom stereocenters. The smallest absolute Gasteiger partial charge is 0.228 e. The summed E-state index contributed by atoms with van der Waals surface area (Å²) in [5, 5.41) is 1.82. The largest absolute Gasteiger partial charge is 0.290 e. The lowest BCUT2D eigenvalue weighted by atomic mass is 10.1. The van der Waals surface area contributed by atoms with Crippen LogP contribution < -0.4 is 0 Å². The predicted molar refractivity (Wildman–Crippen MR) is 102 cm³/mol. The molecule has 1 heterocycles. The van der Waals surface area contributed by atoms with Gasteiger partial charge in [0.25, 0.3) is 0 Å². The number of thioether (sulfide) groups is 1. The molecule has 0 radical (unpaired) electrons. The molecule has 1 saturated heterocycles. The number of nitrogens with zero attached hydrogens (tertiary/aromatic N) is 2. The Hall–Kier alpha value is -1.78. The Morgan fingerprint density at radius 3 is 2.62 bits per heavy atom. The number of aryl methyl sites for hydroxylation is 1. The molecule has 3 nitrogen and oxygen atoms in total. The van der Waals surface area contributed by atoms with E-state index in [1.807, 2.05) is 47.4 Å². The fourth-order valence-electron chi connectivity index (χ4n) is 2.57. The third-order valence-corrected chi connectivity index (χ3v) is 5.13. The maximum Gasteiger partial charge on any atom is 0.228 e. The van der Waals surface area contributed by atoms with E-state index in [0.717, 1.165) is 17.3 Å². The third kappa shape index (κ3) is 4.40. The minimum absolute atomic E-state index is 0.128. The summed E-state index contributed by atoms with van der Waals surface area (Å²) in [5.41, 5.74) is 2.00. The van der Waals surface area contributed by atoms with Gasteiger partial charge in [0.1, 0.15) is 0 Å². The molecule has 24 heavy (non-hydrogen) atoms. The van der Waals surface area contributed by atoms with Crippen molar-refractivity contribution in [3.63, 3.8) is 0 Å². The van der Waals surface area contributed by atoms with Crippen LogP contribution in [0.15, 0.2) is 59.6 Å². The molecule has 1 aliphatic heterocycles. The normalized spacial score (nSPS) is 19.0. The van der Waals surface area contributed by atoms with Crippen LogP contribution in [0.1, 0.15) is 18.9 Å². The van der Waals surface area contributed by atoms with E-state index >= 15 is 0 Å². The van der Waals surface area contributed by atoms with Gasteiger partial charge in [-0.05, 0) is 36.2 Å². The van der Waals surface area contributed by atoms with Crippen LogP contribution in [-0.2, 0) is 11.2 Å². The minimum Gasteiger partial charge on any atom is -0.290 e. The fourth-order valence-corrected chi connectivity index (χ4v) is 3.74. The van der Waals surface area contributed by atoms with Crippen LogP contribution in [0.2, 0.25) is 5.02 Å². The molecule has 1 fully saturated rings. The number of amidine groups is 1. The second-order valence-electron chi connectivity index (χ2n) is 5.79. The Bertz CT molecular complexity index is 731. The lowest BCUT2D eigenvalue weighted by molar-refractivity contribution is -0.127. The Morgan fingerprint density at radius 1 is 1.21 bits per heavy atom. The average molecular weight is 359 g/mol. The lowest BCUT2D eigenvalue weighted by Gasteiger charge is -2.16. The fraction of sp³-hybridized carbons (Fsp3) is 0.263. The van der Waals surface area contributed by atoms with Crippen LogP contribution in [0.3, 0.4) is 0 Å². The van der Waals surface area contributed by atoms with Gasteiger partial charge in [0.2, 0.25) is 5.91 Å². The van der Waals surface area contributed by atoms with Crippen LogP contribution in [-0.4, -0.2) is 27.8 Å². The van der Waals surface area contributed by atoms with Gasteiger partial charge in [0, 0.05) is 23.2 Å². The maximum atomic E-state index is 12.6. The number of hydrogen-bond acceptors (Lipinski definition) is 3. The van der Waals surface area contributed by atoms with Crippen molar-refractivity contribution in [3.8, 4) is 0 Å². The van der Waals surface area contributed by atoms with Crippen molar-refractivity contribution in [2.24, 2.45) is 4.99 Å². The van der Waals surface area contributed by atoms with Crippen LogP contribution in [0.4, 0.5) is 5.69 Å². The van der Waals surface area contributed by atoms with Gasteiger partial charge in [-0.25, -0.2) is 4.99 Å². The molecule has 0 aliphatic carbocycles. The topological polar surface area (TPSA) is 32.7 Å². The number of aliphatic imine (C=N–C) groups is 1. The third-order valence-electron chi connectivity index (χ3n) is 3.80.